The Morgan fingerprint density at radius 2 is 1.91 bits per heavy atom. The maximum absolute atomic E-state index is 10.5. The van der Waals surface area contributed by atoms with E-state index in [0.717, 1.165) is 35.7 Å². The summed E-state index contributed by atoms with van der Waals surface area (Å²) in [4.78, 5) is 0. The van der Waals surface area contributed by atoms with Gasteiger partial charge in [-0.3, -0.25) is 0 Å². The van der Waals surface area contributed by atoms with Gasteiger partial charge in [-0.05, 0) is 18.9 Å². The summed E-state index contributed by atoms with van der Waals surface area (Å²) in [6, 6.07) is 3.94. The fraction of sp³-hybridized carbons (Fsp3) is 0.647. The third kappa shape index (κ3) is 1.92. The van der Waals surface area contributed by atoms with Crippen LogP contribution in [0.2, 0.25) is 0 Å². The lowest BCUT2D eigenvalue weighted by Crippen LogP contribution is -2.56. The molecule has 1 aromatic rings. The van der Waals surface area contributed by atoms with Crippen molar-refractivity contribution in [2.24, 2.45) is 5.92 Å². The molecule has 1 aliphatic carbocycles. The number of rotatable bonds is 1. The van der Waals surface area contributed by atoms with Crippen LogP contribution >= 0.6 is 0 Å². The molecule has 3 heterocycles. The van der Waals surface area contributed by atoms with Gasteiger partial charge in [-0.25, -0.2) is 0 Å². The van der Waals surface area contributed by atoms with Crippen LogP contribution in [0.3, 0.4) is 0 Å². The molecule has 0 radical (unpaired) electrons. The van der Waals surface area contributed by atoms with Crippen molar-refractivity contribution in [3.8, 4) is 17.2 Å². The van der Waals surface area contributed by atoms with Gasteiger partial charge in [-0.1, -0.05) is 0 Å². The molecule has 0 aromatic heterocycles. The summed E-state index contributed by atoms with van der Waals surface area (Å²) in [6.07, 6.45) is 0.837. The average Bonchev–Trinajstić information content (AvgIpc) is 3.16. The third-order valence-corrected chi connectivity index (χ3v) is 5.68. The van der Waals surface area contributed by atoms with Crippen molar-refractivity contribution in [3.63, 3.8) is 0 Å². The molecule has 0 bridgehead atoms. The normalized spacial score (nSPS) is 40.1. The highest BCUT2D eigenvalue weighted by atomic mass is 16.7. The zero-order valence-electron chi connectivity index (χ0n) is 12.9. The number of hydrogen-bond donors (Lipinski definition) is 1. The largest absolute Gasteiger partial charge is 0.489 e. The van der Waals surface area contributed by atoms with E-state index >= 15 is 0 Å². The lowest BCUT2D eigenvalue weighted by Gasteiger charge is -2.46. The van der Waals surface area contributed by atoms with Crippen molar-refractivity contribution >= 4 is 0 Å². The molecular formula is C17H20O6. The molecule has 0 amide bonds. The number of aliphatic hydroxyl groups excluding tert-OH is 1. The van der Waals surface area contributed by atoms with Crippen molar-refractivity contribution in [1.29, 1.82) is 0 Å². The van der Waals surface area contributed by atoms with Crippen LogP contribution in [0.1, 0.15) is 24.3 Å². The molecule has 6 nitrogen and oxygen atoms in total. The maximum Gasteiger partial charge on any atom is 0.231 e. The zero-order valence-corrected chi connectivity index (χ0v) is 12.9. The van der Waals surface area contributed by atoms with Crippen molar-refractivity contribution in [2.75, 3.05) is 20.5 Å². The number of aliphatic hydroxyl groups is 1. The van der Waals surface area contributed by atoms with Crippen LogP contribution in [0.5, 0.6) is 17.2 Å². The predicted molar refractivity (Wildman–Crippen MR) is 79.0 cm³/mol. The Labute approximate surface area is 134 Å². The first-order valence-corrected chi connectivity index (χ1v) is 8.19. The van der Waals surface area contributed by atoms with Crippen LogP contribution in [0.15, 0.2) is 12.1 Å². The van der Waals surface area contributed by atoms with Crippen LogP contribution in [0, 0.1) is 5.92 Å². The van der Waals surface area contributed by atoms with E-state index in [1.165, 1.54) is 0 Å². The van der Waals surface area contributed by atoms with E-state index in [1.54, 1.807) is 7.11 Å². The Kier molecular flexibility index (Phi) is 3.02. The minimum atomic E-state index is -0.594. The summed E-state index contributed by atoms with van der Waals surface area (Å²) < 4.78 is 28.6. The summed E-state index contributed by atoms with van der Waals surface area (Å²) >= 11 is 0. The molecule has 3 aliphatic heterocycles. The van der Waals surface area contributed by atoms with E-state index in [0.29, 0.717) is 6.61 Å². The van der Waals surface area contributed by atoms with Gasteiger partial charge in [0, 0.05) is 30.6 Å². The molecule has 6 heteroatoms. The topological polar surface area (TPSA) is 66.4 Å². The Hall–Kier alpha value is -1.50. The third-order valence-electron chi connectivity index (χ3n) is 5.68. The second-order valence-corrected chi connectivity index (χ2v) is 6.74. The average molecular weight is 320 g/mol. The maximum atomic E-state index is 10.5. The number of benzene rings is 1. The highest BCUT2D eigenvalue weighted by molar-refractivity contribution is 5.55. The highest BCUT2D eigenvalue weighted by Gasteiger charge is 2.52. The van der Waals surface area contributed by atoms with Gasteiger partial charge < -0.3 is 28.8 Å². The van der Waals surface area contributed by atoms with E-state index in [9.17, 15) is 5.11 Å². The first kappa shape index (κ1) is 13.9. The second-order valence-electron chi connectivity index (χ2n) is 6.74. The van der Waals surface area contributed by atoms with E-state index in [-0.39, 0.29) is 36.9 Å². The van der Waals surface area contributed by atoms with Crippen molar-refractivity contribution < 1.29 is 28.8 Å². The predicted octanol–water partition coefficient (Wildman–Crippen LogP) is 1.44. The number of fused-ring (bicyclic) bond motifs is 6. The zero-order chi connectivity index (χ0) is 15.6. The molecule has 5 rings (SSSR count). The van der Waals surface area contributed by atoms with Crippen LogP contribution in [-0.4, -0.2) is 50.0 Å². The molecule has 1 saturated heterocycles. The number of methoxy groups -OCH3 is 1. The van der Waals surface area contributed by atoms with Crippen LogP contribution < -0.4 is 14.2 Å². The Balaban J connectivity index is 1.45. The van der Waals surface area contributed by atoms with E-state index in [1.807, 2.05) is 12.1 Å². The Bertz CT molecular complexity index is 632. The van der Waals surface area contributed by atoms with Gasteiger partial charge in [-0.15, -0.1) is 0 Å². The van der Waals surface area contributed by atoms with Crippen LogP contribution in [-0.2, 0) is 9.47 Å². The molecule has 23 heavy (non-hydrogen) atoms. The highest BCUT2D eigenvalue weighted by Crippen LogP contribution is 2.52. The minimum Gasteiger partial charge on any atom is -0.489 e. The number of ether oxygens (including phenoxy) is 5. The first-order chi connectivity index (χ1) is 11.3. The van der Waals surface area contributed by atoms with Gasteiger partial charge in [0.15, 0.2) is 11.5 Å². The van der Waals surface area contributed by atoms with Crippen molar-refractivity contribution in [3.05, 3.63) is 17.7 Å². The van der Waals surface area contributed by atoms with Crippen LogP contribution in [0.25, 0.3) is 0 Å². The molecular weight excluding hydrogens is 300 g/mol. The first-order valence-electron chi connectivity index (χ1n) is 8.19. The molecule has 2 fully saturated rings. The molecule has 1 aromatic carbocycles. The molecule has 124 valence electrons. The van der Waals surface area contributed by atoms with Crippen molar-refractivity contribution in [2.45, 2.75) is 43.2 Å². The summed E-state index contributed by atoms with van der Waals surface area (Å²) in [7, 11) is 1.64. The molecule has 4 aliphatic rings. The molecule has 6 atom stereocenters. The molecule has 0 spiro atoms. The molecule has 1 saturated carbocycles. The molecule has 6 unspecified atom stereocenters. The van der Waals surface area contributed by atoms with Gasteiger partial charge in [-0.2, -0.15) is 0 Å². The second kappa shape index (κ2) is 5.00. The summed E-state index contributed by atoms with van der Waals surface area (Å²) in [5.41, 5.74) is 1.13. The van der Waals surface area contributed by atoms with Gasteiger partial charge >= 0.3 is 0 Å². The van der Waals surface area contributed by atoms with Crippen LogP contribution in [0.4, 0.5) is 0 Å². The Morgan fingerprint density at radius 3 is 2.74 bits per heavy atom. The minimum absolute atomic E-state index is 0.0405. The monoisotopic (exact) mass is 320 g/mol. The van der Waals surface area contributed by atoms with Crippen molar-refractivity contribution in [1.82, 2.24) is 0 Å². The van der Waals surface area contributed by atoms with Gasteiger partial charge in [0.05, 0.1) is 18.8 Å². The van der Waals surface area contributed by atoms with Gasteiger partial charge in [0.1, 0.15) is 18.0 Å². The summed E-state index contributed by atoms with van der Waals surface area (Å²) in [5, 5.41) is 10.5. The standard InChI is InChI=1S/C17H20O6/c1-19-11-3-2-8-16-10(6-20-17(8)15(11)18)9-4-13-14(22-7-21-13)5-12(9)23-16/h4-5,8,10-11,15-18H,2-3,6-7H2,1H3. The number of hydrogen-bond acceptors (Lipinski definition) is 6. The van der Waals surface area contributed by atoms with E-state index in [4.69, 9.17) is 23.7 Å². The van der Waals surface area contributed by atoms with Gasteiger partial charge in [0.2, 0.25) is 6.79 Å². The fourth-order valence-electron chi connectivity index (χ4n) is 4.51. The van der Waals surface area contributed by atoms with E-state index in [2.05, 4.69) is 0 Å². The Morgan fingerprint density at radius 1 is 1.09 bits per heavy atom. The lowest BCUT2D eigenvalue weighted by atomic mass is 9.73. The molecule has 1 N–H and O–H groups in total. The summed E-state index contributed by atoms with van der Waals surface area (Å²) in [6.45, 7) is 0.810. The quantitative estimate of drug-likeness (QED) is 0.845. The van der Waals surface area contributed by atoms with E-state index < -0.39 is 6.10 Å². The lowest BCUT2D eigenvalue weighted by molar-refractivity contribution is -0.187. The smallest absolute Gasteiger partial charge is 0.231 e. The van der Waals surface area contributed by atoms with Gasteiger partial charge in [0.25, 0.3) is 0 Å². The summed E-state index contributed by atoms with van der Waals surface area (Å²) in [5.74, 6) is 2.74. The fourth-order valence-corrected chi connectivity index (χ4v) is 4.51. The SMILES string of the molecule is COC1CCC2C3Oc4cc5c(cc4C3COC2C1O)OCO5.